The van der Waals surface area contributed by atoms with Crippen molar-refractivity contribution in [3.63, 3.8) is 0 Å². The van der Waals surface area contributed by atoms with Gasteiger partial charge < -0.3 is 15.4 Å². The van der Waals surface area contributed by atoms with Gasteiger partial charge in [-0.3, -0.25) is 0 Å². The molecule has 0 aliphatic rings. The first-order valence-corrected chi connectivity index (χ1v) is 6.88. The topological polar surface area (TPSA) is 67.4 Å². The number of hydrogen-bond donors (Lipinski definition) is 2. The minimum atomic E-state index is -0.488. The van der Waals surface area contributed by atoms with Crippen LogP contribution in [0, 0.1) is 6.92 Å². The van der Waals surface area contributed by atoms with Crippen LogP contribution in [0.15, 0.2) is 48.5 Å². The normalized spacial score (nSPS) is 9.91. The number of amides is 2. The largest absolute Gasteiger partial charge is 0.465 e. The fourth-order valence-electron chi connectivity index (χ4n) is 1.99. The quantitative estimate of drug-likeness (QED) is 0.852. The van der Waals surface area contributed by atoms with Gasteiger partial charge in [0.1, 0.15) is 0 Å². The standard InChI is InChI=1S/C17H18N2O3/c1-12-8-9-14(16(20)22-2)15(10-12)19-17(21)18-11-13-6-4-3-5-7-13/h3-10H,11H2,1-2H3,(H2,18,19,21). The summed E-state index contributed by atoms with van der Waals surface area (Å²) < 4.78 is 4.72. The molecule has 2 N–H and O–H groups in total. The summed E-state index contributed by atoms with van der Waals surface area (Å²) >= 11 is 0. The molecule has 0 spiro atoms. The Balaban J connectivity index is 2.04. The van der Waals surface area contributed by atoms with E-state index in [-0.39, 0.29) is 6.03 Å². The molecule has 114 valence electrons. The van der Waals surface area contributed by atoms with E-state index in [2.05, 4.69) is 10.6 Å². The van der Waals surface area contributed by atoms with E-state index in [0.29, 0.717) is 17.8 Å². The molecule has 2 amide bonds. The third-order valence-corrected chi connectivity index (χ3v) is 3.12. The molecule has 0 fully saturated rings. The molecule has 0 aliphatic heterocycles. The number of carbonyl (C=O) groups is 2. The van der Waals surface area contributed by atoms with E-state index in [1.54, 1.807) is 18.2 Å². The number of esters is 1. The number of carbonyl (C=O) groups excluding carboxylic acids is 2. The summed E-state index contributed by atoms with van der Waals surface area (Å²) in [5.41, 5.74) is 2.68. The number of ether oxygens (including phenoxy) is 1. The molecule has 22 heavy (non-hydrogen) atoms. The maximum absolute atomic E-state index is 12.0. The predicted molar refractivity (Wildman–Crippen MR) is 84.8 cm³/mol. The van der Waals surface area contributed by atoms with Crippen molar-refractivity contribution >= 4 is 17.7 Å². The van der Waals surface area contributed by atoms with Gasteiger partial charge in [0, 0.05) is 6.54 Å². The lowest BCUT2D eigenvalue weighted by Crippen LogP contribution is -2.29. The van der Waals surface area contributed by atoms with Gasteiger partial charge >= 0.3 is 12.0 Å². The first kappa shape index (κ1) is 15.6. The second-order valence-electron chi connectivity index (χ2n) is 4.83. The molecule has 0 atom stereocenters. The van der Waals surface area contributed by atoms with Crippen molar-refractivity contribution in [1.82, 2.24) is 5.32 Å². The van der Waals surface area contributed by atoms with Gasteiger partial charge in [-0.05, 0) is 30.2 Å². The molecule has 2 aromatic carbocycles. The lowest BCUT2D eigenvalue weighted by Gasteiger charge is -2.12. The Morgan fingerprint density at radius 2 is 1.82 bits per heavy atom. The highest BCUT2D eigenvalue weighted by Gasteiger charge is 2.13. The third kappa shape index (κ3) is 4.09. The van der Waals surface area contributed by atoms with Crippen molar-refractivity contribution in [2.24, 2.45) is 0 Å². The average Bonchev–Trinajstić information content (AvgIpc) is 2.53. The zero-order valence-corrected chi connectivity index (χ0v) is 12.6. The second kappa shape index (κ2) is 7.26. The van der Waals surface area contributed by atoms with Crippen molar-refractivity contribution in [3.8, 4) is 0 Å². The third-order valence-electron chi connectivity index (χ3n) is 3.12. The monoisotopic (exact) mass is 298 g/mol. The first-order valence-electron chi connectivity index (χ1n) is 6.88. The number of urea groups is 1. The zero-order valence-electron chi connectivity index (χ0n) is 12.6. The number of rotatable bonds is 4. The average molecular weight is 298 g/mol. The summed E-state index contributed by atoms with van der Waals surface area (Å²) in [6.45, 7) is 2.29. The Kier molecular flexibility index (Phi) is 5.14. The molecule has 0 bridgehead atoms. The van der Waals surface area contributed by atoms with Crippen LogP contribution < -0.4 is 10.6 Å². The Bertz CT molecular complexity index is 669. The number of benzene rings is 2. The van der Waals surface area contributed by atoms with E-state index in [1.807, 2.05) is 37.3 Å². The Hall–Kier alpha value is -2.82. The van der Waals surface area contributed by atoms with Crippen LogP contribution in [0.5, 0.6) is 0 Å². The molecule has 5 heteroatoms. The summed E-state index contributed by atoms with van der Waals surface area (Å²) in [5.74, 6) is -0.488. The van der Waals surface area contributed by atoms with Crippen molar-refractivity contribution in [1.29, 1.82) is 0 Å². The van der Waals surface area contributed by atoms with E-state index in [9.17, 15) is 9.59 Å². The molecule has 0 heterocycles. The van der Waals surface area contributed by atoms with Gasteiger partial charge in [0.05, 0.1) is 18.4 Å². The molecule has 0 unspecified atom stereocenters. The number of anilines is 1. The molecule has 2 rings (SSSR count). The van der Waals surface area contributed by atoms with Gasteiger partial charge in [0.2, 0.25) is 0 Å². The Morgan fingerprint density at radius 1 is 1.09 bits per heavy atom. The van der Waals surface area contributed by atoms with Crippen LogP contribution in [0.4, 0.5) is 10.5 Å². The number of aryl methyl sites for hydroxylation is 1. The lowest BCUT2D eigenvalue weighted by atomic mass is 10.1. The van der Waals surface area contributed by atoms with E-state index >= 15 is 0 Å². The van der Waals surface area contributed by atoms with Crippen molar-refractivity contribution in [3.05, 3.63) is 65.2 Å². The van der Waals surface area contributed by atoms with Crippen LogP contribution in [0.1, 0.15) is 21.5 Å². The maximum Gasteiger partial charge on any atom is 0.339 e. The van der Waals surface area contributed by atoms with Gasteiger partial charge in [-0.1, -0.05) is 36.4 Å². The molecule has 5 nitrogen and oxygen atoms in total. The highest BCUT2D eigenvalue weighted by Crippen LogP contribution is 2.18. The van der Waals surface area contributed by atoms with Crippen molar-refractivity contribution in [2.45, 2.75) is 13.5 Å². The molecular formula is C17H18N2O3. The summed E-state index contributed by atoms with van der Waals surface area (Å²) in [7, 11) is 1.31. The highest BCUT2D eigenvalue weighted by molar-refractivity contribution is 6.00. The fourth-order valence-corrected chi connectivity index (χ4v) is 1.99. The smallest absolute Gasteiger partial charge is 0.339 e. The fraction of sp³-hybridized carbons (Fsp3) is 0.176. The molecule has 0 saturated carbocycles. The van der Waals surface area contributed by atoms with Crippen LogP contribution in [-0.4, -0.2) is 19.1 Å². The summed E-state index contributed by atoms with van der Waals surface area (Å²) in [6, 6.07) is 14.4. The maximum atomic E-state index is 12.0. The minimum Gasteiger partial charge on any atom is -0.465 e. The van der Waals surface area contributed by atoms with Crippen LogP contribution in [0.2, 0.25) is 0 Å². The van der Waals surface area contributed by atoms with E-state index < -0.39 is 5.97 Å². The molecule has 2 aromatic rings. The van der Waals surface area contributed by atoms with E-state index in [0.717, 1.165) is 11.1 Å². The zero-order chi connectivity index (χ0) is 15.9. The molecule has 0 radical (unpaired) electrons. The van der Waals surface area contributed by atoms with Gasteiger partial charge in [-0.25, -0.2) is 9.59 Å². The van der Waals surface area contributed by atoms with Gasteiger partial charge in [0.15, 0.2) is 0 Å². The molecule has 0 aromatic heterocycles. The SMILES string of the molecule is COC(=O)c1ccc(C)cc1NC(=O)NCc1ccccc1. The molecule has 0 saturated heterocycles. The number of nitrogens with one attached hydrogen (secondary N) is 2. The number of methoxy groups -OCH3 is 1. The first-order chi connectivity index (χ1) is 10.6. The van der Waals surface area contributed by atoms with Crippen LogP contribution >= 0.6 is 0 Å². The predicted octanol–water partition coefficient (Wildman–Crippen LogP) is 3.10. The number of hydrogen-bond acceptors (Lipinski definition) is 3. The summed E-state index contributed by atoms with van der Waals surface area (Å²) in [4.78, 5) is 23.7. The van der Waals surface area contributed by atoms with Gasteiger partial charge in [-0.2, -0.15) is 0 Å². The van der Waals surface area contributed by atoms with Crippen molar-refractivity contribution < 1.29 is 14.3 Å². The second-order valence-corrected chi connectivity index (χ2v) is 4.83. The van der Waals surface area contributed by atoms with E-state index in [4.69, 9.17) is 4.74 Å². The summed E-state index contributed by atoms with van der Waals surface area (Å²) in [6.07, 6.45) is 0. The van der Waals surface area contributed by atoms with E-state index in [1.165, 1.54) is 7.11 Å². The van der Waals surface area contributed by atoms with Gasteiger partial charge in [-0.15, -0.1) is 0 Å². The Morgan fingerprint density at radius 3 is 2.50 bits per heavy atom. The summed E-state index contributed by atoms with van der Waals surface area (Å²) in [5, 5.41) is 5.43. The molecular weight excluding hydrogens is 280 g/mol. The van der Waals surface area contributed by atoms with Crippen LogP contribution in [0.3, 0.4) is 0 Å². The highest BCUT2D eigenvalue weighted by atomic mass is 16.5. The molecule has 0 aliphatic carbocycles. The van der Waals surface area contributed by atoms with Crippen LogP contribution in [-0.2, 0) is 11.3 Å². The van der Waals surface area contributed by atoms with Crippen molar-refractivity contribution in [2.75, 3.05) is 12.4 Å². The lowest BCUT2D eigenvalue weighted by molar-refractivity contribution is 0.0602. The van der Waals surface area contributed by atoms with Gasteiger partial charge in [0.25, 0.3) is 0 Å². The minimum absolute atomic E-state index is 0.322. The Labute approximate surface area is 129 Å². The van der Waals surface area contributed by atoms with Crippen LogP contribution in [0.25, 0.3) is 0 Å².